The van der Waals surface area contributed by atoms with Gasteiger partial charge in [-0.2, -0.15) is 4.72 Å². The predicted molar refractivity (Wildman–Crippen MR) is 137 cm³/mol. The Hall–Kier alpha value is -2.33. The molecule has 3 rings (SSSR count). The molecular formula is C24H30Cl2N4O4S. The number of sulfonamides is 1. The third kappa shape index (κ3) is 7.10. The van der Waals surface area contributed by atoms with E-state index in [0.29, 0.717) is 13.1 Å². The van der Waals surface area contributed by atoms with Crippen LogP contribution >= 0.6 is 23.2 Å². The smallest absolute Gasteiger partial charge is 0.317 e. The Morgan fingerprint density at radius 2 is 1.77 bits per heavy atom. The molecule has 2 atom stereocenters. The Morgan fingerprint density at radius 3 is 2.40 bits per heavy atom. The van der Waals surface area contributed by atoms with E-state index >= 15 is 0 Å². The first-order valence-corrected chi connectivity index (χ1v) is 13.6. The predicted octanol–water partition coefficient (Wildman–Crippen LogP) is 3.53. The molecule has 2 N–H and O–H groups in total. The summed E-state index contributed by atoms with van der Waals surface area (Å²) in [5.74, 6) is -0.369. The van der Waals surface area contributed by atoms with Crippen LogP contribution in [0.1, 0.15) is 26.3 Å². The number of carbonyl (C=O) groups is 2. The lowest BCUT2D eigenvalue weighted by Gasteiger charge is -2.41. The fraction of sp³-hybridized carbons (Fsp3) is 0.417. The first-order valence-electron chi connectivity index (χ1n) is 11.3. The van der Waals surface area contributed by atoms with Crippen LogP contribution in [0.3, 0.4) is 0 Å². The number of benzene rings is 2. The normalized spacial score (nSPS) is 17.4. The Labute approximate surface area is 216 Å². The molecule has 0 radical (unpaired) electrons. The molecule has 1 saturated heterocycles. The summed E-state index contributed by atoms with van der Waals surface area (Å²) in [7, 11) is -4.16. The quantitative estimate of drug-likeness (QED) is 0.561. The van der Waals surface area contributed by atoms with E-state index in [1.807, 2.05) is 51.1 Å². The first kappa shape index (κ1) is 27.3. The maximum atomic E-state index is 13.6. The van der Waals surface area contributed by atoms with Gasteiger partial charge in [-0.05, 0) is 51.0 Å². The van der Waals surface area contributed by atoms with E-state index in [-0.39, 0.29) is 51.9 Å². The van der Waals surface area contributed by atoms with Gasteiger partial charge in [-0.1, -0.05) is 53.5 Å². The molecule has 11 heteroatoms. The third-order valence-corrected chi connectivity index (χ3v) is 7.86. The maximum Gasteiger partial charge on any atom is 0.317 e. The highest BCUT2D eigenvalue weighted by molar-refractivity contribution is 7.89. The van der Waals surface area contributed by atoms with Crippen molar-refractivity contribution in [2.24, 2.45) is 0 Å². The van der Waals surface area contributed by atoms with Gasteiger partial charge < -0.3 is 15.1 Å². The van der Waals surface area contributed by atoms with Crippen molar-refractivity contribution in [3.63, 3.8) is 0 Å². The number of hydrogen-bond acceptors (Lipinski definition) is 4. The molecular weight excluding hydrogens is 511 g/mol. The molecule has 3 amide bonds. The molecule has 0 bridgehead atoms. The van der Waals surface area contributed by atoms with E-state index < -0.39 is 16.1 Å². The highest BCUT2D eigenvalue weighted by Crippen LogP contribution is 2.25. The van der Waals surface area contributed by atoms with E-state index in [1.54, 1.807) is 9.80 Å². The van der Waals surface area contributed by atoms with Crippen molar-refractivity contribution < 1.29 is 18.0 Å². The Kier molecular flexibility index (Phi) is 9.04. The van der Waals surface area contributed by atoms with Gasteiger partial charge in [-0.15, -0.1) is 0 Å². The van der Waals surface area contributed by atoms with Crippen molar-refractivity contribution in [1.29, 1.82) is 0 Å². The number of nitrogens with zero attached hydrogens (tertiary/aromatic N) is 2. The van der Waals surface area contributed by atoms with Crippen LogP contribution in [0.2, 0.25) is 10.0 Å². The summed E-state index contributed by atoms with van der Waals surface area (Å²) in [6.45, 7) is 6.55. The summed E-state index contributed by atoms with van der Waals surface area (Å²) >= 11 is 12.1. The van der Waals surface area contributed by atoms with Crippen LogP contribution in [-0.2, 0) is 21.2 Å². The second-order valence-corrected chi connectivity index (χ2v) is 11.4. The minimum absolute atomic E-state index is 0.00247. The van der Waals surface area contributed by atoms with Crippen LogP contribution in [-0.4, -0.2) is 67.9 Å². The van der Waals surface area contributed by atoms with E-state index in [1.165, 1.54) is 18.2 Å². The van der Waals surface area contributed by atoms with E-state index in [9.17, 15) is 18.0 Å². The molecule has 0 spiro atoms. The van der Waals surface area contributed by atoms with Crippen molar-refractivity contribution in [2.75, 3.05) is 19.6 Å². The summed E-state index contributed by atoms with van der Waals surface area (Å²) in [5.41, 5.74) is 0.800. The zero-order valence-electron chi connectivity index (χ0n) is 19.9. The monoisotopic (exact) mass is 540 g/mol. The summed E-state index contributed by atoms with van der Waals surface area (Å²) in [5, 5.41) is 3.09. The summed E-state index contributed by atoms with van der Waals surface area (Å²) < 4.78 is 29.0. The third-order valence-electron chi connectivity index (χ3n) is 5.67. The zero-order valence-corrected chi connectivity index (χ0v) is 22.2. The average Bonchev–Trinajstić information content (AvgIpc) is 2.79. The molecule has 8 nitrogen and oxygen atoms in total. The number of carbonyl (C=O) groups excluding carboxylic acids is 2. The minimum atomic E-state index is -4.16. The molecule has 0 aromatic heterocycles. The topological polar surface area (TPSA) is 98.8 Å². The van der Waals surface area contributed by atoms with Crippen LogP contribution < -0.4 is 10.0 Å². The van der Waals surface area contributed by atoms with Crippen LogP contribution in [0, 0.1) is 0 Å². The number of halogens is 2. The van der Waals surface area contributed by atoms with Crippen LogP contribution in [0.15, 0.2) is 53.4 Å². The number of piperazine rings is 1. The molecule has 2 aromatic carbocycles. The SMILES string of the molecule is CC(C)NC(=O)N1CCN(C(=O)C(Cc2ccccc2)NS(=O)(=O)c2cc(Cl)ccc2Cl)CC1C. The maximum absolute atomic E-state index is 13.6. The lowest BCUT2D eigenvalue weighted by Crippen LogP contribution is -2.61. The molecule has 1 aliphatic rings. The fourth-order valence-corrected chi connectivity index (χ4v) is 5.92. The molecule has 190 valence electrons. The van der Waals surface area contributed by atoms with Gasteiger partial charge in [0.25, 0.3) is 0 Å². The number of rotatable bonds is 7. The zero-order chi connectivity index (χ0) is 25.8. The lowest BCUT2D eigenvalue weighted by atomic mass is 10.0. The van der Waals surface area contributed by atoms with Gasteiger partial charge in [0.2, 0.25) is 15.9 Å². The van der Waals surface area contributed by atoms with Crippen molar-refractivity contribution in [1.82, 2.24) is 19.8 Å². The lowest BCUT2D eigenvalue weighted by molar-refractivity contribution is -0.135. The van der Waals surface area contributed by atoms with Crippen molar-refractivity contribution in [3.8, 4) is 0 Å². The van der Waals surface area contributed by atoms with Gasteiger partial charge in [-0.3, -0.25) is 4.79 Å². The largest absolute Gasteiger partial charge is 0.337 e. The van der Waals surface area contributed by atoms with Gasteiger partial charge in [-0.25, -0.2) is 13.2 Å². The molecule has 0 saturated carbocycles. The van der Waals surface area contributed by atoms with Gasteiger partial charge in [0, 0.05) is 36.7 Å². The highest BCUT2D eigenvalue weighted by Gasteiger charge is 2.35. The second-order valence-electron chi connectivity index (χ2n) is 8.87. The molecule has 1 heterocycles. The van der Waals surface area contributed by atoms with Gasteiger partial charge in [0.05, 0.1) is 5.02 Å². The Balaban J connectivity index is 1.83. The molecule has 35 heavy (non-hydrogen) atoms. The van der Waals surface area contributed by atoms with Crippen molar-refractivity contribution in [3.05, 3.63) is 64.1 Å². The standard InChI is InChI=1S/C24H30Cl2N4O4S/c1-16(2)27-24(32)30-12-11-29(15-17(30)3)23(31)21(13-18-7-5-4-6-8-18)28-35(33,34)22-14-19(25)9-10-20(22)26/h4-10,14,16-17,21,28H,11-13,15H2,1-3H3,(H,27,32). The number of urea groups is 1. The van der Waals surface area contributed by atoms with E-state index in [2.05, 4.69) is 10.0 Å². The van der Waals surface area contributed by atoms with Crippen molar-refractivity contribution >= 4 is 45.2 Å². The number of hydrogen-bond donors (Lipinski definition) is 2. The Morgan fingerprint density at radius 1 is 1.09 bits per heavy atom. The minimum Gasteiger partial charge on any atom is -0.337 e. The van der Waals surface area contributed by atoms with Crippen LogP contribution in [0.4, 0.5) is 4.79 Å². The highest BCUT2D eigenvalue weighted by atomic mass is 35.5. The molecule has 1 aliphatic heterocycles. The molecule has 2 aromatic rings. The van der Waals surface area contributed by atoms with Crippen molar-refractivity contribution in [2.45, 2.75) is 50.2 Å². The van der Waals surface area contributed by atoms with Gasteiger partial charge >= 0.3 is 6.03 Å². The number of amides is 3. The van der Waals surface area contributed by atoms with Crippen LogP contribution in [0.5, 0.6) is 0 Å². The summed E-state index contributed by atoms with van der Waals surface area (Å²) in [4.78, 5) is 29.1. The summed E-state index contributed by atoms with van der Waals surface area (Å²) in [6.07, 6.45) is 0.152. The second kappa shape index (κ2) is 11.6. The molecule has 1 fully saturated rings. The molecule has 0 aliphatic carbocycles. The first-order chi connectivity index (χ1) is 16.5. The average molecular weight is 542 g/mol. The molecule has 2 unspecified atom stereocenters. The van der Waals surface area contributed by atoms with Crippen LogP contribution in [0.25, 0.3) is 0 Å². The van der Waals surface area contributed by atoms with E-state index in [0.717, 1.165) is 5.56 Å². The van der Waals surface area contributed by atoms with Gasteiger partial charge in [0.15, 0.2) is 0 Å². The Bertz CT molecular complexity index is 1160. The van der Waals surface area contributed by atoms with Gasteiger partial charge in [0.1, 0.15) is 10.9 Å². The number of nitrogens with one attached hydrogen (secondary N) is 2. The van der Waals surface area contributed by atoms with E-state index in [4.69, 9.17) is 23.2 Å². The summed E-state index contributed by atoms with van der Waals surface area (Å²) in [6, 6.07) is 11.8. The fourth-order valence-electron chi connectivity index (χ4n) is 3.97.